The zero-order valence-corrected chi connectivity index (χ0v) is 23.0. The van der Waals surface area contributed by atoms with Crippen LogP contribution in [0.25, 0.3) is 6.08 Å². The highest BCUT2D eigenvalue weighted by molar-refractivity contribution is 6.01. The van der Waals surface area contributed by atoms with Crippen molar-refractivity contribution in [3.63, 3.8) is 0 Å². The van der Waals surface area contributed by atoms with Crippen molar-refractivity contribution in [2.45, 2.75) is 78.2 Å². The first kappa shape index (κ1) is 25.6. The van der Waals surface area contributed by atoms with Crippen molar-refractivity contribution >= 4 is 12.0 Å². The number of fused-ring (bicyclic) bond motifs is 2. The lowest BCUT2D eigenvalue weighted by molar-refractivity contribution is -0.123. The average molecular weight is 506 g/mol. The number of aryl methyl sites for hydroxylation is 2. The molecule has 1 aromatic carbocycles. The first-order valence-electron chi connectivity index (χ1n) is 13.4. The Morgan fingerprint density at radius 2 is 1.81 bits per heavy atom. The lowest BCUT2D eigenvalue weighted by Crippen LogP contribution is -2.46. The normalized spacial score (nSPS) is 24.9. The van der Waals surface area contributed by atoms with Gasteiger partial charge in [-0.1, -0.05) is 12.7 Å². The fourth-order valence-electron chi connectivity index (χ4n) is 6.53. The van der Waals surface area contributed by atoms with E-state index >= 15 is 0 Å². The predicted octanol–water partition coefficient (Wildman–Crippen LogP) is 4.75. The van der Waals surface area contributed by atoms with Crippen molar-refractivity contribution in [3.8, 4) is 11.5 Å². The van der Waals surface area contributed by atoms with Crippen LogP contribution in [0, 0.1) is 26.7 Å². The maximum atomic E-state index is 13.8. The molecule has 2 aliphatic heterocycles. The summed E-state index contributed by atoms with van der Waals surface area (Å²) in [4.78, 5) is 33.4. The van der Waals surface area contributed by atoms with Crippen molar-refractivity contribution in [1.29, 1.82) is 0 Å². The van der Waals surface area contributed by atoms with Gasteiger partial charge in [0.05, 0.1) is 12.1 Å². The van der Waals surface area contributed by atoms with Crippen molar-refractivity contribution in [1.82, 2.24) is 14.8 Å². The van der Waals surface area contributed by atoms with Gasteiger partial charge in [-0.15, -0.1) is 0 Å². The van der Waals surface area contributed by atoms with Crippen LogP contribution in [0.4, 0.5) is 0 Å². The third kappa shape index (κ3) is 4.27. The molecule has 1 aromatic heterocycles. The molecule has 1 amide bonds. The molecule has 1 saturated carbocycles. The van der Waals surface area contributed by atoms with Crippen LogP contribution in [-0.2, 0) is 13.0 Å². The molecule has 198 valence electrons. The van der Waals surface area contributed by atoms with Gasteiger partial charge in [-0.2, -0.15) is 0 Å². The van der Waals surface area contributed by atoms with Gasteiger partial charge in [-0.3, -0.25) is 9.59 Å². The van der Waals surface area contributed by atoms with Crippen molar-refractivity contribution in [2.75, 3.05) is 20.6 Å². The standard InChI is InChI=1S/C30H39N3O4/c1-8-22-23-13-14-33(16-24-17(2)15-18(3)31-28(24)34)29(35)25(23)19(4)26-27(22)37-30(5,36-26)20-9-11-21(12-10-20)32(6)7/h8,15,20-21H,1,9-14,16H2,2-7H3,(H,31,34)/t20-,21-,30?. The molecule has 7 nitrogen and oxygen atoms in total. The zero-order chi connectivity index (χ0) is 26.6. The number of nitrogens with zero attached hydrogens (tertiary/aromatic N) is 2. The molecule has 37 heavy (non-hydrogen) atoms. The average Bonchev–Trinajstić information content (AvgIpc) is 3.21. The van der Waals surface area contributed by atoms with Gasteiger partial charge in [0.1, 0.15) is 0 Å². The number of ether oxygens (including phenoxy) is 2. The Morgan fingerprint density at radius 1 is 1.14 bits per heavy atom. The van der Waals surface area contributed by atoms with Crippen molar-refractivity contribution < 1.29 is 14.3 Å². The number of pyridine rings is 1. The highest BCUT2D eigenvalue weighted by Gasteiger charge is 2.48. The van der Waals surface area contributed by atoms with Crippen LogP contribution in [0.3, 0.4) is 0 Å². The van der Waals surface area contributed by atoms with Gasteiger partial charge in [-0.05, 0) is 84.2 Å². The summed E-state index contributed by atoms with van der Waals surface area (Å²) in [7, 11) is 4.29. The number of nitrogens with one attached hydrogen (secondary N) is 1. The number of amides is 1. The van der Waals surface area contributed by atoms with Gasteiger partial charge in [0.25, 0.3) is 17.3 Å². The molecule has 3 heterocycles. The van der Waals surface area contributed by atoms with E-state index in [-0.39, 0.29) is 23.9 Å². The molecule has 1 aliphatic carbocycles. The molecule has 1 fully saturated rings. The van der Waals surface area contributed by atoms with Crippen LogP contribution >= 0.6 is 0 Å². The SMILES string of the molecule is C=Cc1c2c(c(C)c3c1OC(C)([C@H]1CC[C@H](N(C)C)CC1)O3)C(=O)N(Cc1c(C)cc(C)[nH]c1=O)CC2. The summed E-state index contributed by atoms with van der Waals surface area (Å²) in [6.45, 7) is 12.7. The summed E-state index contributed by atoms with van der Waals surface area (Å²) in [5.74, 6) is 0.809. The molecule has 0 bridgehead atoms. The maximum Gasteiger partial charge on any atom is 0.254 e. The molecule has 0 spiro atoms. The van der Waals surface area contributed by atoms with Crippen LogP contribution in [0.5, 0.6) is 11.5 Å². The molecule has 5 rings (SSSR count). The number of H-pyrrole nitrogens is 1. The third-order valence-electron chi connectivity index (χ3n) is 8.75. The van der Waals surface area contributed by atoms with E-state index in [9.17, 15) is 9.59 Å². The number of carbonyl (C=O) groups is 1. The van der Waals surface area contributed by atoms with E-state index in [1.54, 1.807) is 11.0 Å². The van der Waals surface area contributed by atoms with Crippen molar-refractivity contribution in [3.05, 3.63) is 62.1 Å². The van der Waals surface area contributed by atoms with Gasteiger partial charge < -0.3 is 24.3 Å². The van der Waals surface area contributed by atoms with E-state index in [0.717, 1.165) is 59.4 Å². The number of hydrogen-bond acceptors (Lipinski definition) is 5. The van der Waals surface area contributed by atoms with E-state index in [0.29, 0.717) is 35.9 Å². The Balaban J connectivity index is 1.46. The minimum Gasteiger partial charge on any atom is -0.448 e. The molecule has 1 unspecified atom stereocenters. The second-order valence-corrected chi connectivity index (χ2v) is 11.4. The molecule has 7 heteroatoms. The molecule has 0 radical (unpaired) electrons. The molecule has 2 aromatic rings. The Kier molecular flexibility index (Phi) is 6.47. The lowest BCUT2D eigenvalue weighted by Gasteiger charge is -2.39. The Hall–Kier alpha value is -3.06. The number of aromatic amines is 1. The van der Waals surface area contributed by atoms with E-state index in [4.69, 9.17) is 9.47 Å². The summed E-state index contributed by atoms with van der Waals surface area (Å²) in [5.41, 5.74) is 5.50. The Morgan fingerprint density at radius 3 is 2.43 bits per heavy atom. The third-order valence-corrected chi connectivity index (χ3v) is 8.75. The Bertz CT molecular complexity index is 1320. The number of aromatic nitrogens is 1. The van der Waals surface area contributed by atoms with Gasteiger partial charge in [0, 0.05) is 47.8 Å². The highest BCUT2D eigenvalue weighted by Crippen LogP contribution is 2.52. The minimum absolute atomic E-state index is 0.0762. The smallest absolute Gasteiger partial charge is 0.254 e. The summed E-state index contributed by atoms with van der Waals surface area (Å²) < 4.78 is 13.2. The van der Waals surface area contributed by atoms with Crippen LogP contribution in [-0.4, -0.2) is 53.2 Å². The van der Waals surface area contributed by atoms with Crippen LogP contribution in [0.2, 0.25) is 0 Å². The molecular formula is C30H39N3O4. The van der Waals surface area contributed by atoms with Crippen LogP contribution < -0.4 is 15.0 Å². The monoisotopic (exact) mass is 505 g/mol. The van der Waals surface area contributed by atoms with E-state index in [2.05, 4.69) is 30.6 Å². The zero-order valence-electron chi connectivity index (χ0n) is 23.0. The van der Waals surface area contributed by atoms with Crippen LogP contribution in [0.15, 0.2) is 17.4 Å². The molecule has 1 N–H and O–H groups in total. The van der Waals surface area contributed by atoms with Gasteiger partial charge in [0.15, 0.2) is 11.5 Å². The quantitative estimate of drug-likeness (QED) is 0.635. The molecular weight excluding hydrogens is 466 g/mol. The summed E-state index contributed by atoms with van der Waals surface area (Å²) in [6, 6.07) is 2.54. The van der Waals surface area contributed by atoms with Crippen molar-refractivity contribution in [2.24, 2.45) is 5.92 Å². The summed E-state index contributed by atoms with van der Waals surface area (Å²) in [6.07, 6.45) is 6.77. The van der Waals surface area contributed by atoms with E-state index in [1.807, 2.05) is 33.8 Å². The largest absolute Gasteiger partial charge is 0.448 e. The number of benzene rings is 1. The van der Waals surface area contributed by atoms with Gasteiger partial charge in [-0.25, -0.2) is 0 Å². The maximum absolute atomic E-state index is 13.8. The molecule has 1 atom stereocenters. The second kappa shape index (κ2) is 9.35. The lowest BCUT2D eigenvalue weighted by atomic mass is 9.81. The number of carbonyl (C=O) groups excluding carboxylic acids is 1. The van der Waals surface area contributed by atoms with Crippen LogP contribution in [0.1, 0.15) is 76.5 Å². The number of hydrogen-bond donors (Lipinski definition) is 1. The Labute approximate surface area is 219 Å². The second-order valence-electron chi connectivity index (χ2n) is 11.4. The van der Waals surface area contributed by atoms with E-state index < -0.39 is 5.79 Å². The molecule has 3 aliphatic rings. The highest BCUT2D eigenvalue weighted by atomic mass is 16.7. The first-order chi connectivity index (χ1) is 17.5. The summed E-state index contributed by atoms with van der Waals surface area (Å²) >= 11 is 0. The topological polar surface area (TPSA) is 74.9 Å². The van der Waals surface area contributed by atoms with E-state index in [1.165, 1.54) is 0 Å². The molecule has 0 saturated heterocycles. The minimum atomic E-state index is -0.763. The predicted molar refractivity (Wildman–Crippen MR) is 145 cm³/mol. The fourth-order valence-corrected chi connectivity index (χ4v) is 6.53. The number of rotatable bonds is 5. The first-order valence-corrected chi connectivity index (χ1v) is 13.4. The van der Waals surface area contributed by atoms with Gasteiger partial charge >= 0.3 is 0 Å². The van der Waals surface area contributed by atoms with Gasteiger partial charge in [0.2, 0.25) is 0 Å². The fraction of sp³-hybridized carbons (Fsp3) is 0.533. The summed E-state index contributed by atoms with van der Waals surface area (Å²) in [5, 5.41) is 0.